The quantitative estimate of drug-likeness (QED) is 0.603. The number of hydrogen-bond acceptors (Lipinski definition) is 3. The third-order valence-electron chi connectivity index (χ3n) is 3.11. The first kappa shape index (κ1) is 10.5. The molecule has 1 aromatic heterocycles. The van der Waals surface area contributed by atoms with Crippen LogP contribution >= 0.6 is 0 Å². The first-order valence-corrected chi connectivity index (χ1v) is 5.51. The van der Waals surface area contributed by atoms with Crippen molar-refractivity contribution >= 4 is 19.1 Å². The van der Waals surface area contributed by atoms with Gasteiger partial charge in [-0.2, -0.15) is 0 Å². The summed E-state index contributed by atoms with van der Waals surface area (Å²) < 4.78 is 0. The maximum absolute atomic E-state index is 4.46. The summed E-state index contributed by atoms with van der Waals surface area (Å²) in [5.74, 6) is 1.12. The summed E-state index contributed by atoms with van der Waals surface area (Å²) in [5, 5.41) is 0. The molecular weight excluding hydrogens is 185 g/mol. The van der Waals surface area contributed by atoms with E-state index in [1.165, 1.54) is 11.9 Å². The standard InChI is InChI=1S/C11H18BN3/c1-14(2)10-5-6-15(8-10)11-4-3-9(12)7-13-11/h3-4,7,10H,5-6,8,12H2,1-2H3. The van der Waals surface area contributed by atoms with Gasteiger partial charge in [0, 0.05) is 25.3 Å². The van der Waals surface area contributed by atoms with Crippen molar-refractivity contribution in [3.8, 4) is 0 Å². The van der Waals surface area contributed by atoms with Crippen LogP contribution in [0.5, 0.6) is 0 Å². The fourth-order valence-corrected chi connectivity index (χ4v) is 2.02. The molecule has 1 aromatic rings. The van der Waals surface area contributed by atoms with Gasteiger partial charge in [0.15, 0.2) is 0 Å². The highest BCUT2D eigenvalue weighted by molar-refractivity contribution is 6.32. The zero-order valence-corrected chi connectivity index (χ0v) is 9.77. The summed E-state index contributed by atoms with van der Waals surface area (Å²) in [6.07, 6.45) is 3.18. The second-order valence-corrected chi connectivity index (χ2v) is 4.55. The van der Waals surface area contributed by atoms with Crippen molar-refractivity contribution < 1.29 is 0 Å². The van der Waals surface area contributed by atoms with E-state index in [1.807, 2.05) is 6.20 Å². The van der Waals surface area contributed by atoms with Gasteiger partial charge in [-0.25, -0.2) is 4.98 Å². The van der Waals surface area contributed by atoms with Crippen LogP contribution in [-0.4, -0.2) is 51.0 Å². The molecule has 0 radical (unpaired) electrons. The average Bonchev–Trinajstić information content (AvgIpc) is 2.68. The molecule has 3 nitrogen and oxygen atoms in total. The molecular formula is C11H18BN3. The molecule has 15 heavy (non-hydrogen) atoms. The molecule has 2 heterocycles. The molecule has 0 aliphatic carbocycles. The van der Waals surface area contributed by atoms with Crippen LogP contribution in [-0.2, 0) is 0 Å². The molecule has 1 saturated heterocycles. The summed E-state index contributed by atoms with van der Waals surface area (Å²) >= 11 is 0. The Balaban J connectivity index is 2.04. The molecule has 80 valence electrons. The number of pyridine rings is 1. The minimum atomic E-state index is 0.674. The zero-order chi connectivity index (χ0) is 10.8. The van der Waals surface area contributed by atoms with Crippen LogP contribution in [0.2, 0.25) is 0 Å². The van der Waals surface area contributed by atoms with E-state index in [0.717, 1.165) is 18.9 Å². The van der Waals surface area contributed by atoms with Crippen LogP contribution < -0.4 is 10.4 Å². The molecule has 1 aliphatic rings. The van der Waals surface area contributed by atoms with Gasteiger partial charge in [0.2, 0.25) is 0 Å². The third kappa shape index (κ3) is 2.32. The number of anilines is 1. The Labute approximate surface area is 92.5 Å². The lowest BCUT2D eigenvalue weighted by Gasteiger charge is -2.21. The summed E-state index contributed by atoms with van der Waals surface area (Å²) in [7, 11) is 6.37. The largest absolute Gasteiger partial charge is 0.355 e. The van der Waals surface area contributed by atoms with Gasteiger partial charge in [0.1, 0.15) is 13.7 Å². The predicted octanol–water partition coefficient (Wildman–Crippen LogP) is -0.520. The van der Waals surface area contributed by atoms with Crippen molar-refractivity contribution in [1.82, 2.24) is 9.88 Å². The first-order valence-electron chi connectivity index (χ1n) is 5.51. The van der Waals surface area contributed by atoms with E-state index in [-0.39, 0.29) is 0 Å². The topological polar surface area (TPSA) is 19.4 Å². The lowest BCUT2D eigenvalue weighted by molar-refractivity contribution is 0.315. The van der Waals surface area contributed by atoms with Crippen LogP contribution in [0.25, 0.3) is 0 Å². The van der Waals surface area contributed by atoms with Crippen molar-refractivity contribution in [2.45, 2.75) is 12.5 Å². The van der Waals surface area contributed by atoms with E-state index in [9.17, 15) is 0 Å². The van der Waals surface area contributed by atoms with Gasteiger partial charge in [-0.1, -0.05) is 11.5 Å². The number of rotatable bonds is 2. The van der Waals surface area contributed by atoms with Crippen molar-refractivity contribution in [1.29, 1.82) is 0 Å². The molecule has 0 N–H and O–H groups in total. The lowest BCUT2D eigenvalue weighted by Crippen LogP contribution is -2.31. The first-order chi connectivity index (χ1) is 7.16. The number of nitrogens with zero attached hydrogens (tertiary/aromatic N) is 3. The molecule has 0 saturated carbocycles. The van der Waals surface area contributed by atoms with E-state index in [0.29, 0.717) is 6.04 Å². The Morgan fingerprint density at radius 1 is 1.47 bits per heavy atom. The van der Waals surface area contributed by atoms with Gasteiger partial charge in [0.05, 0.1) is 0 Å². The Morgan fingerprint density at radius 2 is 2.27 bits per heavy atom. The van der Waals surface area contributed by atoms with E-state index in [4.69, 9.17) is 0 Å². The van der Waals surface area contributed by atoms with Crippen molar-refractivity contribution in [2.75, 3.05) is 32.1 Å². The molecule has 0 aromatic carbocycles. The lowest BCUT2D eigenvalue weighted by atomic mass is 9.99. The second kappa shape index (κ2) is 4.23. The number of hydrogen-bond donors (Lipinski definition) is 0. The fourth-order valence-electron chi connectivity index (χ4n) is 2.02. The molecule has 0 spiro atoms. The van der Waals surface area contributed by atoms with E-state index in [2.05, 4.69) is 48.9 Å². The van der Waals surface area contributed by atoms with E-state index < -0.39 is 0 Å². The summed E-state index contributed by atoms with van der Waals surface area (Å²) in [4.78, 5) is 9.13. The fraction of sp³-hybridized carbons (Fsp3) is 0.545. The SMILES string of the molecule is Bc1ccc(N2CCC(N(C)C)C2)nc1. The molecule has 0 bridgehead atoms. The minimum absolute atomic E-state index is 0.674. The Bertz CT molecular complexity index is 323. The Hall–Kier alpha value is -1.03. The molecule has 4 heteroatoms. The van der Waals surface area contributed by atoms with Gasteiger partial charge >= 0.3 is 0 Å². The minimum Gasteiger partial charge on any atom is -0.355 e. The summed E-state index contributed by atoms with van der Waals surface area (Å²) in [6.45, 7) is 2.22. The molecule has 1 fully saturated rings. The maximum atomic E-state index is 4.46. The highest BCUT2D eigenvalue weighted by Crippen LogP contribution is 2.18. The monoisotopic (exact) mass is 203 g/mol. The van der Waals surface area contributed by atoms with Crippen molar-refractivity contribution in [2.24, 2.45) is 0 Å². The van der Waals surface area contributed by atoms with Gasteiger partial charge < -0.3 is 9.80 Å². The molecule has 2 rings (SSSR count). The van der Waals surface area contributed by atoms with Gasteiger partial charge in [-0.15, -0.1) is 0 Å². The van der Waals surface area contributed by atoms with Gasteiger partial charge in [-0.3, -0.25) is 0 Å². The Kier molecular flexibility index (Phi) is 2.96. The smallest absolute Gasteiger partial charge is 0.141 e. The zero-order valence-electron chi connectivity index (χ0n) is 9.77. The van der Waals surface area contributed by atoms with Crippen LogP contribution in [0.1, 0.15) is 6.42 Å². The van der Waals surface area contributed by atoms with Gasteiger partial charge in [0.25, 0.3) is 0 Å². The average molecular weight is 203 g/mol. The highest BCUT2D eigenvalue weighted by Gasteiger charge is 2.24. The third-order valence-corrected chi connectivity index (χ3v) is 3.11. The summed E-state index contributed by atoms with van der Waals surface area (Å²) in [6, 6.07) is 4.92. The molecule has 1 unspecified atom stereocenters. The van der Waals surface area contributed by atoms with Gasteiger partial charge in [-0.05, 0) is 26.6 Å². The van der Waals surface area contributed by atoms with E-state index in [1.54, 1.807) is 0 Å². The van der Waals surface area contributed by atoms with Crippen molar-refractivity contribution in [3.63, 3.8) is 0 Å². The van der Waals surface area contributed by atoms with Crippen LogP contribution in [0.15, 0.2) is 18.3 Å². The predicted molar refractivity (Wildman–Crippen MR) is 66.7 cm³/mol. The Morgan fingerprint density at radius 3 is 2.80 bits per heavy atom. The van der Waals surface area contributed by atoms with Crippen LogP contribution in [0.3, 0.4) is 0 Å². The van der Waals surface area contributed by atoms with Crippen LogP contribution in [0.4, 0.5) is 5.82 Å². The molecule has 0 amide bonds. The highest BCUT2D eigenvalue weighted by atomic mass is 15.3. The number of aromatic nitrogens is 1. The summed E-state index contributed by atoms with van der Waals surface area (Å²) in [5.41, 5.74) is 1.22. The van der Waals surface area contributed by atoms with Crippen molar-refractivity contribution in [3.05, 3.63) is 18.3 Å². The maximum Gasteiger partial charge on any atom is 0.141 e. The number of likely N-dealkylation sites (N-methyl/N-ethyl adjacent to an activating group) is 1. The second-order valence-electron chi connectivity index (χ2n) is 4.55. The molecule has 1 aliphatic heterocycles. The van der Waals surface area contributed by atoms with Crippen LogP contribution in [0, 0.1) is 0 Å². The molecule has 1 atom stereocenters. The normalized spacial score (nSPS) is 21.3. The van der Waals surface area contributed by atoms with E-state index >= 15 is 0 Å².